The van der Waals surface area contributed by atoms with E-state index in [4.69, 9.17) is 11.6 Å². The third-order valence-electron chi connectivity index (χ3n) is 3.59. The van der Waals surface area contributed by atoms with Crippen LogP contribution in [0.1, 0.15) is 11.1 Å². The normalized spacial score (nSPS) is 17.1. The fraction of sp³-hybridized carbons (Fsp3) is 0.188. The first kappa shape index (κ1) is 14.6. The lowest BCUT2D eigenvalue weighted by Gasteiger charge is -2.25. The monoisotopic (exact) mass is 364 g/mol. The Morgan fingerprint density at radius 2 is 2.00 bits per heavy atom. The van der Waals surface area contributed by atoms with Gasteiger partial charge >= 0.3 is 0 Å². The molecule has 0 bridgehead atoms. The summed E-state index contributed by atoms with van der Waals surface area (Å²) >= 11 is 9.31. The molecule has 0 fully saturated rings. The van der Waals surface area contributed by atoms with Crippen molar-refractivity contribution >= 4 is 39.1 Å². The summed E-state index contributed by atoms with van der Waals surface area (Å²) in [6.45, 7) is 0.718. The molecule has 0 saturated carbocycles. The van der Waals surface area contributed by atoms with Gasteiger partial charge in [-0.1, -0.05) is 35.9 Å². The van der Waals surface area contributed by atoms with Crippen LogP contribution in [0.25, 0.3) is 0 Å². The van der Waals surface area contributed by atoms with Gasteiger partial charge in [0.05, 0.1) is 11.7 Å². The van der Waals surface area contributed by atoms with Crippen molar-refractivity contribution < 1.29 is 4.79 Å². The highest BCUT2D eigenvalue weighted by Gasteiger charge is 2.24. The van der Waals surface area contributed by atoms with E-state index in [1.807, 2.05) is 12.1 Å². The number of benzene rings is 2. The predicted molar refractivity (Wildman–Crippen MR) is 88.6 cm³/mol. The quantitative estimate of drug-likeness (QED) is 0.851. The molecule has 21 heavy (non-hydrogen) atoms. The molecule has 1 heterocycles. The molecule has 3 rings (SSSR count). The maximum absolute atomic E-state index is 12.4. The molecule has 108 valence electrons. The minimum Gasteiger partial charge on any atom is -0.324 e. The second kappa shape index (κ2) is 6.18. The molecule has 1 atom stereocenters. The number of fused-ring (bicyclic) bond motifs is 1. The molecular formula is C16H14BrClN2O. The Balaban J connectivity index is 1.72. The minimum atomic E-state index is -0.220. The predicted octanol–water partition coefficient (Wildman–Crippen LogP) is 3.76. The maximum atomic E-state index is 12.4. The van der Waals surface area contributed by atoms with Gasteiger partial charge in [0.15, 0.2) is 0 Å². The number of hydrogen-bond acceptors (Lipinski definition) is 2. The van der Waals surface area contributed by atoms with Gasteiger partial charge in [0.1, 0.15) is 0 Å². The van der Waals surface area contributed by atoms with Crippen LogP contribution in [0.3, 0.4) is 0 Å². The average Bonchev–Trinajstić information content (AvgIpc) is 2.49. The van der Waals surface area contributed by atoms with Crippen LogP contribution in [-0.4, -0.2) is 11.9 Å². The van der Waals surface area contributed by atoms with E-state index in [0.29, 0.717) is 11.4 Å². The molecule has 0 unspecified atom stereocenters. The number of carbonyl (C=O) groups is 1. The number of halogens is 2. The Morgan fingerprint density at radius 1 is 1.24 bits per heavy atom. The third kappa shape index (κ3) is 3.28. The molecule has 2 aromatic carbocycles. The second-order valence-electron chi connectivity index (χ2n) is 5.02. The maximum Gasteiger partial charge on any atom is 0.241 e. The largest absolute Gasteiger partial charge is 0.324 e. The van der Waals surface area contributed by atoms with Crippen LogP contribution >= 0.6 is 27.5 Å². The molecule has 1 aliphatic heterocycles. The number of carbonyl (C=O) groups excluding carboxylic acids is 1. The van der Waals surface area contributed by atoms with Gasteiger partial charge in [-0.15, -0.1) is 0 Å². The number of amides is 1. The average molecular weight is 366 g/mol. The first-order valence-electron chi connectivity index (χ1n) is 6.69. The molecule has 1 aliphatic rings. The zero-order chi connectivity index (χ0) is 14.8. The van der Waals surface area contributed by atoms with Gasteiger partial charge in [0.25, 0.3) is 0 Å². The van der Waals surface area contributed by atoms with Gasteiger partial charge in [-0.2, -0.15) is 0 Å². The van der Waals surface area contributed by atoms with Crippen LogP contribution in [0.15, 0.2) is 46.9 Å². The van der Waals surface area contributed by atoms with Crippen LogP contribution < -0.4 is 10.6 Å². The summed E-state index contributed by atoms with van der Waals surface area (Å²) in [6, 6.07) is 13.3. The molecule has 0 spiro atoms. The molecule has 0 aromatic heterocycles. The van der Waals surface area contributed by atoms with Crippen molar-refractivity contribution in [2.24, 2.45) is 0 Å². The van der Waals surface area contributed by atoms with Crippen LogP contribution in [0, 0.1) is 0 Å². The molecule has 0 aliphatic carbocycles. The van der Waals surface area contributed by atoms with E-state index in [-0.39, 0.29) is 11.9 Å². The van der Waals surface area contributed by atoms with Gasteiger partial charge in [0, 0.05) is 16.0 Å². The smallest absolute Gasteiger partial charge is 0.241 e. The molecule has 2 aromatic rings. The Morgan fingerprint density at radius 3 is 2.76 bits per heavy atom. The summed E-state index contributed by atoms with van der Waals surface area (Å²) < 4.78 is 0.777. The summed E-state index contributed by atoms with van der Waals surface area (Å²) in [5, 5.41) is 6.83. The number of nitrogens with one attached hydrogen (secondary N) is 2. The van der Waals surface area contributed by atoms with E-state index in [1.54, 1.807) is 18.2 Å². The zero-order valence-electron chi connectivity index (χ0n) is 11.2. The van der Waals surface area contributed by atoms with Crippen LogP contribution in [0.4, 0.5) is 5.69 Å². The first-order chi connectivity index (χ1) is 10.1. The number of anilines is 1. The molecule has 3 nitrogen and oxygen atoms in total. The van der Waals surface area contributed by atoms with Crippen molar-refractivity contribution in [2.45, 2.75) is 19.0 Å². The highest BCUT2D eigenvalue weighted by atomic mass is 79.9. The molecule has 0 saturated heterocycles. The molecular weight excluding hydrogens is 352 g/mol. The van der Waals surface area contributed by atoms with Gasteiger partial charge in [-0.05, 0) is 51.7 Å². The highest BCUT2D eigenvalue weighted by Crippen LogP contribution is 2.26. The SMILES string of the molecule is O=C(Nc1ccc(Cl)cc1Br)[C@H]1Cc2ccccc2CN1. The van der Waals surface area contributed by atoms with E-state index < -0.39 is 0 Å². The van der Waals surface area contributed by atoms with Crippen molar-refractivity contribution in [2.75, 3.05) is 5.32 Å². The van der Waals surface area contributed by atoms with E-state index in [2.05, 4.69) is 38.7 Å². The van der Waals surface area contributed by atoms with Crippen molar-refractivity contribution in [3.05, 3.63) is 63.1 Å². The van der Waals surface area contributed by atoms with Gasteiger partial charge in [-0.25, -0.2) is 0 Å². The van der Waals surface area contributed by atoms with E-state index in [0.717, 1.165) is 16.7 Å². The number of hydrogen-bond donors (Lipinski definition) is 2. The Hall–Kier alpha value is -1.36. The van der Waals surface area contributed by atoms with E-state index >= 15 is 0 Å². The minimum absolute atomic E-state index is 0.0347. The fourth-order valence-electron chi connectivity index (χ4n) is 2.45. The van der Waals surface area contributed by atoms with Crippen LogP contribution in [-0.2, 0) is 17.8 Å². The number of rotatable bonds is 2. The lowest BCUT2D eigenvalue weighted by molar-refractivity contribution is -0.118. The lowest BCUT2D eigenvalue weighted by atomic mass is 9.95. The van der Waals surface area contributed by atoms with Crippen molar-refractivity contribution in [1.29, 1.82) is 0 Å². The highest BCUT2D eigenvalue weighted by molar-refractivity contribution is 9.10. The van der Waals surface area contributed by atoms with Gasteiger partial charge < -0.3 is 10.6 Å². The van der Waals surface area contributed by atoms with E-state index in [1.165, 1.54) is 11.1 Å². The van der Waals surface area contributed by atoms with Crippen molar-refractivity contribution in [3.63, 3.8) is 0 Å². The fourth-order valence-corrected chi connectivity index (χ4v) is 3.23. The topological polar surface area (TPSA) is 41.1 Å². The Kier molecular flexibility index (Phi) is 4.29. The summed E-state index contributed by atoms with van der Waals surface area (Å²) in [5.41, 5.74) is 3.21. The lowest BCUT2D eigenvalue weighted by Crippen LogP contribution is -2.44. The Labute approximate surface area is 136 Å². The van der Waals surface area contributed by atoms with Crippen molar-refractivity contribution in [3.8, 4) is 0 Å². The molecule has 1 amide bonds. The third-order valence-corrected chi connectivity index (χ3v) is 4.48. The standard InChI is InChI=1S/C16H14BrClN2O/c17-13-8-12(18)5-6-14(13)20-16(21)15-7-10-3-1-2-4-11(10)9-19-15/h1-6,8,15,19H,7,9H2,(H,20,21)/t15-/m1/s1. The Bertz CT molecular complexity index is 690. The summed E-state index contributed by atoms with van der Waals surface area (Å²) in [7, 11) is 0. The molecule has 5 heteroatoms. The van der Waals surface area contributed by atoms with Crippen molar-refractivity contribution in [1.82, 2.24) is 5.32 Å². The van der Waals surface area contributed by atoms with Crippen LogP contribution in [0.5, 0.6) is 0 Å². The van der Waals surface area contributed by atoms with Gasteiger partial charge in [-0.3, -0.25) is 4.79 Å². The second-order valence-corrected chi connectivity index (χ2v) is 6.31. The zero-order valence-corrected chi connectivity index (χ0v) is 13.5. The summed E-state index contributed by atoms with van der Waals surface area (Å²) in [5.74, 6) is -0.0347. The molecule has 2 N–H and O–H groups in total. The summed E-state index contributed by atoms with van der Waals surface area (Å²) in [4.78, 5) is 12.4. The van der Waals surface area contributed by atoms with E-state index in [9.17, 15) is 4.79 Å². The first-order valence-corrected chi connectivity index (χ1v) is 7.86. The van der Waals surface area contributed by atoms with Gasteiger partial charge in [0.2, 0.25) is 5.91 Å². The molecule has 0 radical (unpaired) electrons. The summed E-state index contributed by atoms with van der Waals surface area (Å²) in [6.07, 6.45) is 0.702. The van der Waals surface area contributed by atoms with Crippen LogP contribution in [0.2, 0.25) is 5.02 Å².